The summed E-state index contributed by atoms with van der Waals surface area (Å²) in [5.41, 5.74) is 1.34. The number of fused-ring (bicyclic) bond motifs is 1. The maximum Gasteiger partial charge on any atom is 0.0534 e. The summed E-state index contributed by atoms with van der Waals surface area (Å²) >= 11 is 0. The van der Waals surface area contributed by atoms with Gasteiger partial charge in [0.1, 0.15) is 0 Å². The summed E-state index contributed by atoms with van der Waals surface area (Å²) in [7, 11) is 1.98. The molecule has 0 aliphatic carbocycles. The fraction of sp³-hybridized carbons (Fsp3) is 0.750. The number of halogens is 1. The molecule has 2 aliphatic rings. The molecule has 0 saturated carbocycles. The third-order valence-corrected chi connectivity index (χ3v) is 3.90. The van der Waals surface area contributed by atoms with Gasteiger partial charge in [0.15, 0.2) is 0 Å². The molecule has 3 rings (SSSR count). The molecule has 0 bridgehead atoms. The number of piperidine rings is 1. The van der Waals surface area contributed by atoms with Gasteiger partial charge in [-0.1, -0.05) is 0 Å². The molecule has 0 spiro atoms. The number of hydrogen-bond acceptors (Lipinski definition) is 3. The van der Waals surface area contributed by atoms with Gasteiger partial charge in [0, 0.05) is 37.9 Å². The van der Waals surface area contributed by atoms with Crippen molar-refractivity contribution in [3.63, 3.8) is 0 Å². The number of aromatic nitrogens is 2. The molecule has 2 atom stereocenters. The Bertz CT molecular complexity index is 365. The van der Waals surface area contributed by atoms with Crippen LogP contribution in [-0.2, 0) is 13.6 Å². The first-order valence-corrected chi connectivity index (χ1v) is 6.24. The van der Waals surface area contributed by atoms with Gasteiger partial charge in [-0.2, -0.15) is 5.10 Å². The van der Waals surface area contributed by atoms with Crippen molar-refractivity contribution in [2.24, 2.45) is 13.0 Å². The molecule has 1 N–H and O–H groups in total. The molecule has 4 nitrogen and oxygen atoms in total. The monoisotopic (exact) mass is 256 g/mol. The first-order valence-electron chi connectivity index (χ1n) is 6.24. The molecular formula is C12H21ClN4. The highest BCUT2D eigenvalue weighted by Crippen LogP contribution is 2.25. The molecule has 1 aromatic rings. The highest BCUT2D eigenvalue weighted by molar-refractivity contribution is 5.85. The van der Waals surface area contributed by atoms with Crippen LogP contribution in [0.2, 0.25) is 0 Å². The second-order valence-corrected chi connectivity index (χ2v) is 5.16. The zero-order chi connectivity index (χ0) is 11.0. The SMILES string of the molecule is Cl.Cn1cc(CN2CCC3NCCC3C2)cn1. The van der Waals surface area contributed by atoms with Gasteiger partial charge in [-0.05, 0) is 31.8 Å². The summed E-state index contributed by atoms with van der Waals surface area (Å²) < 4.78 is 1.89. The van der Waals surface area contributed by atoms with Gasteiger partial charge in [0.05, 0.1) is 6.20 Å². The maximum absolute atomic E-state index is 4.23. The van der Waals surface area contributed by atoms with Crippen molar-refractivity contribution >= 4 is 12.4 Å². The van der Waals surface area contributed by atoms with Crippen LogP contribution in [0.1, 0.15) is 18.4 Å². The molecule has 2 aliphatic heterocycles. The molecule has 2 unspecified atom stereocenters. The average molecular weight is 257 g/mol. The average Bonchev–Trinajstić information content (AvgIpc) is 2.87. The van der Waals surface area contributed by atoms with E-state index in [1.165, 1.54) is 38.0 Å². The van der Waals surface area contributed by atoms with Gasteiger partial charge in [0.2, 0.25) is 0 Å². The van der Waals surface area contributed by atoms with Crippen molar-refractivity contribution in [2.45, 2.75) is 25.4 Å². The van der Waals surface area contributed by atoms with Crippen LogP contribution in [0.3, 0.4) is 0 Å². The lowest BCUT2D eigenvalue weighted by Crippen LogP contribution is -2.43. The lowest BCUT2D eigenvalue weighted by molar-refractivity contribution is 0.156. The topological polar surface area (TPSA) is 33.1 Å². The van der Waals surface area contributed by atoms with Crippen LogP contribution in [0.4, 0.5) is 0 Å². The van der Waals surface area contributed by atoms with Gasteiger partial charge in [-0.25, -0.2) is 0 Å². The maximum atomic E-state index is 4.23. The van der Waals surface area contributed by atoms with Crippen molar-refractivity contribution in [1.29, 1.82) is 0 Å². The van der Waals surface area contributed by atoms with Crippen LogP contribution < -0.4 is 5.32 Å². The Morgan fingerprint density at radius 3 is 3.12 bits per heavy atom. The molecule has 5 heteroatoms. The summed E-state index contributed by atoms with van der Waals surface area (Å²) in [6.07, 6.45) is 6.77. The van der Waals surface area contributed by atoms with Crippen LogP contribution in [-0.4, -0.2) is 40.4 Å². The quantitative estimate of drug-likeness (QED) is 0.858. The fourth-order valence-corrected chi connectivity index (χ4v) is 3.08. The van der Waals surface area contributed by atoms with E-state index in [0.29, 0.717) is 0 Å². The molecule has 2 saturated heterocycles. The van der Waals surface area contributed by atoms with Crippen molar-refractivity contribution in [3.05, 3.63) is 18.0 Å². The van der Waals surface area contributed by atoms with E-state index < -0.39 is 0 Å². The zero-order valence-corrected chi connectivity index (χ0v) is 11.1. The minimum Gasteiger partial charge on any atom is -0.314 e. The number of aryl methyl sites for hydroxylation is 1. The van der Waals surface area contributed by atoms with Gasteiger partial charge in [0.25, 0.3) is 0 Å². The Hall–Kier alpha value is -0.580. The molecule has 2 fully saturated rings. The van der Waals surface area contributed by atoms with E-state index in [-0.39, 0.29) is 12.4 Å². The van der Waals surface area contributed by atoms with Gasteiger partial charge in [-0.3, -0.25) is 9.58 Å². The standard InChI is InChI=1S/C12H20N4.ClH/c1-15-7-10(6-14-15)8-16-5-3-12-11(9-16)2-4-13-12;/h6-7,11-13H,2-5,8-9H2,1H3;1H. The van der Waals surface area contributed by atoms with E-state index in [4.69, 9.17) is 0 Å². The molecule has 3 heterocycles. The predicted octanol–water partition coefficient (Wildman–Crippen LogP) is 1.03. The molecule has 1 aromatic heterocycles. The van der Waals surface area contributed by atoms with Gasteiger partial charge < -0.3 is 5.32 Å². The van der Waals surface area contributed by atoms with Crippen LogP contribution in [0, 0.1) is 5.92 Å². The summed E-state index contributed by atoms with van der Waals surface area (Å²) in [4.78, 5) is 2.57. The third-order valence-electron chi connectivity index (χ3n) is 3.90. The Morgan fingerprint density at radius 1 is 1.47 bits per heavy atom. The van der Waals surface area contributed by atoms with Crippen LogP contribution in [0.5, 0.6) is 0 Å². The van der Waals surface area contributed by atoms with Crippen LogP contribution >= 0.6 is 12.4 Å². The minimum absolute atomic E-state index is 0. The Morgan fingerprint density at radius 2 is 2.35 bits per heavy atom. The molecule has 0 radical (unpaired) electrons. The van der Waals surface area contributed by atoms with Crippen LogP contribution in [0.25, 0.3) is 0 Å². The fourth-order valence-electron chi connectivity index (χ4n) is 3.08. The first kappa shape index (κ1) is 12.9. The number of likely N-dealkylation sites (tertiary alicyclic amines) is 1. The van der Waals surface area contributed by atoms with E-state index in [2.05, 4.69) is 21.5 Å². The van der Waals surface area contributed by atoms with Crippen molar-refractivity contribution in [3.8, 4) is 0 Å². The van der Waals surface area contributed by atoms with Crippen LogP contribution in [0.15, 0.2) is 12.4 Å². The molecule has 96 valence electrons. The van der Waals surface area contributed by atoms with Gasteiger partial charge in [-0.15, -0.1) is 12.4 Å². The summed E-state index contributed by atoms with van der Waals surface area (Å²) in [5, 5.41) is 7.83. The molecule has 0 aromatic carbocycles. The lowest BCUT2D eigenvalue weighted by atomic mass is 9.93. The second-order valence-electron chi connectivity index (χ2n) is 5.16. The Kier molecular flexibility index (Phi) is 4.07. The number of hydrogen-bond donors (Lipinski definition) is 1. The first-order chi connectivity index (χ1) is 7.81. The van der Waals surface area contributed by atoms with E-state index in [1.807, 2.05) is 17.9 Å². The highest BCUT2D eigenvalue weighted by Gasteiger charge is 2.32. The minimum atomic E-state index is 0. The largest absolute Gasteiger partial charge is 0.314 e. The smallest absolute Gasteiger partial charge is 0.0534 e. The third kappa shape index (κ3) is 2.81. The zero-order valence-electron chi connectivity index (χ0n) is 10.3. The molecule has 17 heavy (non-hydrogen) atoms. The number of nitrogens with zero attached hydrogens (tertiary/aromatic N) is 3. The van der Waals surface area contributed by atoms with Gasteiger partial charge >= 0.3 is 0 Å². The highest BCUT2D eigenvalue weighted by atomic mass is 35.5. The van der Waals surface area contributed by atoms with Crippen molar-refractivity contribution < 1.29 is 0 Å². The summed E-state index contributed by atoms with van der Waals surface area (Å²) in [5.74, 6) is 0.880. The molecule has 0 amide bonds. The van der Waals surface area contributed by atoms with Crippen molar-refractivity contribution in [2.75, 3.05) is 19.6 Å². The molecular weight excluding hydrogens is 236 g/mol. The Labute approximate surface area is 109 Å². The van der Waals surface area contributed by atoms with E-state index in [9.17, 15) is 0 Å². The van der Waals surface area contributed by atoms with E-state index in [0.717, 1.165) is 18.5 Å². The summed E-state index contributed by atoms with van der Waals surface area (Å²) in [6.45, 7) is 4.77. The van der Waals surface area contributed by atoms with E-state index >= 15 is 0 Å². The number of rotatable bonds is 2. The summed E-state index contributed by atoms with van der Waals surface area (Å²) in [6, 6.07) is 0.796. The Balaban J connectivity index is 0.00000108. The normalized spacial score (nSPS) is 28.8. The second kappa shape index (κ2) is 5.38. The lowest BCUT2D eigenvalue weighted by Gasteiger charge is -2.34. The van der Waals surface area contributed by atoms with Crippen molar-refractivity contribution in [1.82, 2.24) is 20.0 Å². The predicted molar refractivity (Wildman–Crippen MR) is 70.2 cm³/mol. The van der Waals surface area contributed by atoms with E-state index in [1.54, 1.807) is 0 Å². The number of nitrogens with one attached hydrogen (secondary N) is 1.